The van der Waals surface area contributed by atoms with Crippen LogP contribution in [-0.2, 0) is 9.53 Å². The van der Waals surface area contributed by atoms with Gasteiger partial charge in [0, 0.05) is 13.2 Å². The van der Waals surface area contributed by atoms with Crippen LogP contribution >= 0.6 is 0 Å². The van der Waals surface area contributed by atoms with Gasteiger partial charge in [0.05, 0.1) is 18.7 Å². The molecule has 0 radical (unpaired) electrons. The van der Waals surface area contributed by atoms with Gasteiger partial charge in [0.1, 0.15) is 0 Å². The predicted octanol–water partition coefficient (Wildman–Crippen LogP) is 0.140. The number of amides is 1. The Labute approximate surface area is 91.8 Å². The molecule has 0 rings (SSSR count). The molecule has 0 spiro atoms. The van der Waals surface area contributed by atoms with Crippen molar-refractivity contribution >= 4 is 5.91 Å². The van der Waals surface area contributed by atoms with Crippen LogP contribution in [0, 0.1) is 12.3 Å². The van der Waals surface area contributed by atoms with Crippen LogP contribution in [0.25, 0.3) is 0 Å². The van der Waals surface area contributed by atoms with Crippen molar-refractivity contribution in [2.75, 3.05) is 26.2 Å². The van der Waals surface area contributed by atoms with E-state index < -0.39 is 0 Å². The van der Waals surface area contributed by atoms with Gasteiger partial charge in [0.2, 0.25) is 5.91 Å². The maximum absolute atomic E-state index is 11.3. The molecule has 0 bridgehead atoms. The number of hydrogen-bond acceptors (Lipinski definition) is 3. The Kier molecular flexibility index (Phi) is 6.76. The molecule has 0 aromatic heterocycles. The van der Waals surface area contributed by atoms with Crippen LogP contribution in [0.3, 0.4) is 0 Å². The fraction of sp³-hybridized carbons (Fsp3) is 0.727. The fourth-order valence-electron chi connectivity index (χ4n) is 1.06. The first-order valence-corrected chi connectivity index (χ1v) is 5.06. The second-order valence-corrected chi connectivity index (χ2v) is 3.78. The second kappa shape index (κ2) is 7.27. The van der Waals surface area contributed by atoms with E-state index in [2.05, 4.69) is 16.6 Å². The third-order valence-corrected chi connectivity index (χ3v) is 1.76. The lowest BCUT2D eigenvalue weighted by molar-refractivity contribution is -0.121. The Morgan fingerprint density at radius 2 is 2.20 bits per heavy atom. The van der Waals surface area contributed by atoms with E-state index in [0.29, 0.717) is 19.7 Å². The summed E-state index contributed by atoms with van der Waals surface area (Å²) in [6.07, 6.45) is 5.03. The maximum Gasteiger partial charge on any atom is 0.234 e. The zero-order valence-electron chi connectivity index (χ0n) is 9.72. The Morgan fingerprint density at radius 3 is 2.73 bits per heavy atom. The van der Waals surface area contributed by atoms with Gasteiger partial charge in [-0.25, -0.2) is 0 Å². The van der Waals surface area contributed by atoms with Crippen molar-refractivity contribution in [3.63, 3.8) is 0 Å². The minimum atomic E-state index is -0.323. The van der Waals surface area contributed by atoms with E-state index in [1.165, 1.54) is 0 Å². The lowest BCUT2D eigenvalue weighted by Crippen LogP contribution is -2.43. The van der Waals surface area contributed by atoms with Gasteiger partial charge in [-0.1, -0.05) is 5.92 Å². The third-order valence-electron chi connectivity index (χ3n) is 1.76. The molecule has 86 valence electrons. The van der Waals surface area contributed by atoms with E-state index in [-0.39, 0.29) is 18.1 Å². The molecule has 4 nitrogen and oxygen atoms in total. The van der Waals surface area contributed by atoms with Crippen molar-refractivity contribution in [1.29, 1.82) is 0 Å². The molecule has 0 aliphatic carbocycles. The van der Waals surface area contributed by atoms with Crippen LogP contribution in [0.5, 0.6) is 0 Å². The third kappa shape index (κ3) is 7.98. The summed E-state index contributed by atoms with van der Waals surface area (Å²) in [5, 5.41) is 5.59. The number of carbonyl (C=O) groups excluding carboxylic acids is 1. The van der Waals surface area contributed by atoms with Crippen molar-refractivity contribution < 1.29 is 9.53 Å². The molecule has 1 amide bonds. The highest BCUT2D eigenvalue weighted by atomic mass is 16.5. The molecule has 0 saturated heterocycles. The van der Waals surface area contributed by atoms with Gasteiger partial charge in [0.15, 0.2) is 0 Å². The fourth-order valence-corrected chi connectivity index (χ4v) is 1.06. The van der Waals surface area contributed by atoms with E-state index in [1.54, 1.807) is 0 Å². The summed E-state index contributed by atoms with van der Waals surface area (Å²) in [5.41, 5.74) is -0.323. The molecular formula is C11H20N2O2. The monoisotopic (exact) mass is 212 g/mol. The topological polar surface area (TPSA) is 50.4 Å². The molecule has 0 unspecified atom stereocenters. The average Bonchev–Trinajstić information content (AvgIpc) is 2.15. The molecule has 4 heteroatoms. The minimum absolute atomic E-state index is 0.0713. The highest BCUT2D eigenvalue weighted by molar-refractivity contribution is 5.78. The molecule has 0 aliphatic rings. The molecule has 0 aromatic carbocycles. The number of rotatable bonds is 7. The van der Waals surface area contributed by atoms with Crippen LogP contribution in [0.15, 0.2) is 0 Å². The van der Waals surface area contributed by atoms with Gasteiger partial charge in [-0.05, 0) is 20.8 Å². The summed E-state index contributed by atoms with van der Waals surface area (Å²) in [7, 11) is 0. The number of hydrogen-bond donors (Lipinski definition) is 2. The van der Waals surface area contributed by atoms with E-state index >= 15 is 0 Å². The lowest BCUT2D eigenvalue weighted by atomic mass is 10.1. The first kappa shape index (κ1) is 13.9. The molecule has 0 atom stereocenters. The minimum Gasteiger partial charge on any atom is -0.374 e. The Balaban J connectivity index is 3.66. The summed E-state index contributed by atoms with van der Waals surface area (Å²) in [6, 6.07) is 0. The lowest BCUT2D eigenvalue weighted by Gasteiger charge is -2.24. The second-order valence-electron chi connectivity index (χ2n) is 3.78. The van der Waals surface area contributed by atoms with Gasteiger partial charge < -0.3 is 10.1 Å². The molecule has 0 heterocycles. The normalized spacial score (nSPS) is 10.8. The Bertz CT molecular complexity index is 231. The van der Waals surface area contributed by atoms with Gasteiger partial charge in [-0.3, -0.25) is 10.1 Å². The quantitative estimate of drug-likeness (QED) is 0.466. The van der Waals surface area contributed by atoms with E-state index in [1.807, 2.05) is 20.8 Å². The Hall–Kier alpha value is -1.05. The van der Waals surface area contributed by atoms with Crippen molar-refractivity contribution in [2.45, 2.75) is 26.4 Å². The molecule has 15 heavy (non-hydrogen) atoms. The van der Waals surface area contributed by atoms with E-state index in [9.17, 15) is 4.79 Å². The van der Waals surface area contributed by atoms with Gasteiger partial charge in [-0.2, -0.15) is 0 Å². The van der Waals surface area contributed by atoms with Crippen molar-refractivity contribution in [3.8, 4) is 12.3 Å². The summed E-state index contributed by atoms with van der Waals surface area (Å²) in [5.74, 6) is 2.33. The standard InChI is InChI=1S/C11H20N2O2/c1-5-7-12-8-10(14)13-9-11(3,4)15-6-2/h1,12H,6-9H2,2-4H3,(H,13,14). The molecule has 0 aliphatic heterocycles. The molecule has 0 fully saturated rings. The summed E-state index contributed by atoms with van der Waals surface area (Å²) >= 11 is 0. The molecule has 0 aromatic rings. The number of nitrogens with one attached hydrogen (secondary N) is 2. The molecular weight excluding hydrogens is 192 g/mol. The zero-order valence-corrected chi connectivity index (χ0v) is 9.72. The zero-order chi connectivity index (χ0) is 11.7. The van der Waals surface area contributed by atoms with Gasteiger partial charge >= 0.3 is 0 Å². The number of terminal acetylenes is 1. The van der Waals surface area contributed by atoms with Crippen molar-refractivity contribution in [2.24, 2.45) is 0 Å². The van der Waals surface area contributed by atoms with E-state index in [4.69, 9.17) is 11.2 Å². The summed E-state index contributed by atoms with van der Waals surface area (Å²) in [4.78, 5) is 11.3. The summed E-state index contributed by atoms with van der Waals surface area (Å²) < 4.78 is 5.44. The van der Waals surface area contributed by atoms with Crippen LogP contribution in [-0.4, -0.2) is 37.7 Å². The summed E-state index contributed by atoms with van der Waals surface area (Å²) in [6.45, 7) is 7.58. The molecule has 0 saturated carbocycles. The van der Waals surface area contributed by atoms with Gasteiger partial charge in [-0.15, -0.1) is 6.42 Å². The smallest absolute Gasteiger partial charge is 0.234 e. The van der Waals surface area contributed by atoms with Crippen LogP contribution in [0.4, 0.5) is 0 Å². The average molecular weight is 212 g/mol. The SMILES string of the molecule is C#CCNCC(=O)NCC(C)(C)OCC. The highest BCUT2D eigenvalue weighted by Crippen LogP contribution is 2.06. The number of ether oxygens (including phenoxy) is 1. The van der Waals surface area contributed by atoms with Crippen molar-refractivity contribution in [3.05, 3.63) is 0 Å². The van der Waals surface area contributed by atoms with Gasteiger partial charge in [0.25, 0.3) is 0 Å². The van der Waals surface area contributed by atoms with Crippen molar-refractivity contribution in [1.82, 2.24) is 10.6 Å². The molecule has 2 N–H and O–H groups in total. The number of carbonyl (C=O) groups is 1. The van der Waals surface area contributed by atoms with Crippen LogP contribution < -0.4 is 10.6 Å². The van der Waals surface area contributed by atoms with E-state index in [0.717, 1.165) is 0 Å². The largest absolute Gasteiger partial charge is 0.374 e. The first-order chi connectivity index (χ1) is 7.02. The first-order valence-electron chi connectivity index (χ1n) is 5.06. The maximum atomic E-state index is 11.3. The van der Waals surface area contributed by atoms with Crippen LogP contribution in [0.1, 0.15) is 20.8 Å². The predicted molar refractivity (Wildman–Crippen MR) is 60.4 cm³/mol. The highest BCUT2D eigenvalue weighted by Gasteiger charge is 2.18. The van der Waals surface area contributed by atoms with Crippen LogP contribution in [0.2, 0.25) is 0 Å². The Morgan fingerprint density at radius 1 is 1.53 bits per heavy atom.